The van der Waals surface area contributed by atoms with Gasteiger partial charge in [-0.3, -0.25) is 9.59 Å². The van der Waals surface area contributed by atoms with Crippen LogP contribution in [0.1, 0.15) is 79.1 Å². The number of fused-ring (bicyclic) bond motifs is 5. The topological polar surface area (TPSA) is 54.4 Å². The lowest BCUT2D eigenvalue weighted by Crippen LogP contribution is -2.68. The summed E-state index contributed by atoms with van der Waals surface area (Å²) >= 11 is 0. The third-order valence-corrected chi connectivity index (χ3v) is 9.82. The highest BCUT2D eigenvalue weighted by Gasteiger charge is 2.74. The van der Waals surface area contributed by atoms with E-state index in [1.807, 2.05) is 13.8 Å². The molecule has 0 saturated heterocycles. The van der Waals surface area contributed by atoms with Gasteiger partial charge >= 0.3 is 0 Å². The van der Waals surface area contributed by atoms with E-state index >= 15 is 8.78 Å². The molecule has 4 aliphatic carbocycles. The Morgan fingerprint density at radius 1 is 1.21 bits per heavy atom. The van der Waals surface area contributed by atoms with E-state index in [1.165, 1.54) is 13.0 Å². The van der Waals surface area contributed by atoms with Crippen molar-refractivity contribution in [1.29, 1.82) is 0 Å². The van der Waals surface area contributed by atoms with Gasteiger partial charge in [0.25, 0.3) is 0 Å². The molecule has 0 heterocycles. The Labute approximate surface area is 194 Å². The highest BCUT2D eigenvalue weighted by Crippen LogP contribution is 2.71. The second-order valence-electron chi connectivity index (χ2n) is 11.2. The third kappa shape index (κ3) is 3.18. The predicted octanol–water partition coefficient (Wildman–Crippen LogP) is 6.00. The highest BCUT2D eigenvalue weighted by molar-refractivity contribution is 6.04. The number of hydrogen-bond acceptors (Lipinski definition) is 3. The zero-order chi connectivity index (χ0) is 24.3. The van der Waals surface area contributed by atoms with Crippen LogP contribution in [0.15, 0.2) is 23.6 Å². The van der Waals surface area contributed by atoms with Gasteiger partial charge in [-0.25, -0.2) is 13.2 Å². The maximum absolute atomic E-state index is 17.2. The average molecular weight is 467 g/mol. The van der Waals surface area contributed by atoms with E-state index in [9.17, 15) is 19.1 Å². The first-order chi connectivity index (χ1) is 15.5. The van der Waals surface area contributed by atoms with Crippen LogP contribution in [0.4, 0.5) is 13.2 Å². The molecule has 6 heteroatoms. The lowest BCUT2D eigenvalue weighted by molar-refractivity contribution is -0.206. The number of carbonyl (C=O) groups excluding carboxylic acids is 2. The Bertz CT molecular complexity index is 897. The second-order valence-corrected chi connectivity index (χ2v) is 11.2. The van der Waals surface area contributed by atoms with E-state index in [4.69, 9.17) is 0 Å². The van der Waals surface area contributed by atoms with Crippen LogP contribution in [0.25, 0.3) is 0 Å². The molecule has 33 heavy (non-hydrogen) atoms. The molecule has 0 aromatic heterocycles. The Morgan fingerprint density at radius 2 is 1.91 bits per heavy atom. The molecule has 0 aromatic rings. The van der Waals surface area contributed by atoms with Crippen molar-refractivity contribution < 1.29 is 27.9 Å². The minimum absolute atomic E-state index is 0.0154. The predicted molar refractivity (Wildman–Crippen MR) is 120 cm³/mol. The smallest absolute Gasteiger partial charge is 0.213 e. The fourth-order valence-electron chi connectivity index (χ4n) is 8.40. The number of carbonyl (C=O) groups is 2. The van der Waals surface area contributed by atoms with E-state index < -0.39 is 51.9 Å². The standard InChI is InChI=1S/C27H37F3O3/c1-5-7-8-9-19(31)22-15(3)12-16-17-13-18(28)23-24(29)20(32)10-11-25(23,4)27(17,30)21(33)14-26(16,22)6-2/h10-11,15-18,21-22,33H,5-9,12-14H2,1-4H3/t15-,16+,17+,18+,21+,22+,25+,26+,27+/m1/s1. The van der Waals surface area contributed by atoms with Crippen LogP contribution in [0.2, 0.25) is 0 Å². The van der Waals surface area contributed by atoms with Crippen molar-refractivity contribution in [1.82, 2.24) is 0 Å². The fourth-order valence-corrected chi connectivity index (χ4v) is 8.40. The van der Waals surface area contributed by atoms with Gasteiger partial charge in [-0.1, -0.05) is 39.7 Å². The number of allylic oxidation sites excluding steroid dienone is 4. The first-order valence-electron chi connectivity index (χ1n) is 12.7. The number of aliphatic hydroxyl groups is 1. The maximum Gasteiger partial charge on any atom is 0.213 e. The fraction of sp³-hybridized carbons (Fsp3) is 0.778. The van der Waals surface area contributed by atoms with E-state index in [-0.39, 0.29) is 36.4 Å². The molecule has 0 aromatic carbocycles. The van der Waals surface area contributed by atoms with Gasteiger partial charge in [0.15, 0.2) is 11.5 Å². The normalized spacial score (nSPS) is 46.7. The average Bonchev–Trinajstić information content (AvgIpc) is 3.05. The molecular weight excluding hydrogens is 429 g/mol. The number of rotatable bonds is 6. The van der Waals surface area contributed by atoms with Gasteiger partial charge in [-0.05, 0) is 62.4 Å². The number of unbranched alkanes of at least 4 members (excludes halogenated alkanes) is 2. The van der Waals surface area contributed by atoms with Gasteiger partial charge in [0.1, 0.15) is 12.0 Å². The van der Waals surface area contributed by atoms with Crippen molar-refractivity contribution in [3.05, 3.63) is 23.6 Å². The number of alkyl halides is 2. The summed E-state index contributed by atoms with van der Waals surface area (Å²) in [7, 11) is 0. The Hall–Kier alpha value is -1.43. The molecule has 1 N–H and O–H groups in total. The summed E-state index contributed by atoms with van der Waals surface area (Å²) in [4.78, 5) is 25.3. The van der Waals surface area contributed by atoms with Crippen molar-refractivity contribution in [2.24, 2.45) is 34.5 Å². The molecule has 0 radical (unpaired) electrons. The van der Waals surface area contributed by atoms with Gasteiger partial charge in [0.2, 0.25) is 5.78 Å². The molecule has 0 aliphatic heterocycles. The van der Waals surface area contributed by atoms with Gasteiger partial charge in [0, 0.05) is 29.2 Å². The molecule has 4 aliphatic rings. The van der Waals surface area contributed by atoms with Crippen LogP contribution in [0, 0.1) is 34.5 Å². The largest absolute Gasteiger partial charge is 0.390 e. The summed E-state index contributed by atoms with van der Waals surface area (Å²) in [6.07, 6.45) is 3.26. The molecule has 3 fully saturated rings. The van der Waals surface area contributed by atoms with Crippen molar-refractivity contribution in [3.63, 3.8) is 0 Å². The van der Waals surface area contributed by atoms with Crippen LogP contribution in [-0.2, 0) is 9.59 Å². The summed E-state index contributed by atoms with van der Waals surface area (Å²) < 4.78 is 47.5. The van der Waals surface area contributed by atoms with Crippen molar-refractivity contribution >= 4 is 11.6 Å². The quantitative estimate of drug-likeness (QED) is 0.488. The molecule has 0 spiro atoms. The number of ketones is 2. The molecule has 9 atom stereocenters. The Balaban J connectivity index is 1.78. The maximum atomic E-state index is 17.2. The molecule has 4 rings (SSSR count). The minimum Gasteiger partial charge on any atom is -0.390 e. The zero-order valence-corrected chi connectivity index (χ0v) is 20.2. The summed E-state index contributed by atoms with van der Waals surface area (Å²) in [5.41, 5.74) is -5.09. The van der Waals surface area contributed by atoms with Gasteiger partial charge < -0.3 is 5.11 Å². The van der Waals surface area contributed by atoms with E-state index in [0.29, 0.717) is 19.3 Å². The van der Waals surface area contributed by atoms with Crippen molar-refractivity contribution in [3.8, 4) is 0 Å². The molecule has 0 unspecified atom stereocenters. The zero-order valence-electron chi connectivity index (χ0n) is 20.2. The van der Waals surface area contributed by atoms with Crippen LogP contribution < -0.4 is 0 Å². The van der Waals surface area contributed by atoms with E-state index in [1.54, 1.807) is 0 Å². The van der Waals surface area contributed by atoms with Crippen LogP contribution >= 0.6 is 0 Å². The van der Waals surface area contributed by atoms with Gasteiger partial charge in [-0.15, -0.1) is 0 Å². The molecule has 0 bridgehead atoms. The summed E-state index contributed by atoms with van der Waals surface area (Å²) in [5, 5.41) is 11.4. The molecule has 3 saturated carbocycles. The van der Waals surface area contributed by atoms with Gasteiger partial charge in [0.05, 0.1) is 6.10 Å². The lowest BCUT2D eigenvalue weighted by atomic mass is 9.44. The minimum atomic E-state index is -2.30. The van der Waals surface area contributed by atoms with Crippen molar-refractivity contribution in [2.75, 3.05) is 0 Å². The number of halogens is 3. The SMILES string of the molecule is CCCCCC(=O)[C@@H]1[C@H](C)C[C@H]2[C@@H]3C[C@H](F)C4=C(F)C(=O)C=C[C@]4(C)[C@@]3(F)[C@@H](O)C[C@]12CC. The number of Topliss-reactive ketones (excluding diaryl/α,β-unsaturated/α-hetero) is 1. The third-order valence-electron chi connectivity index (χ3n) is 9.82. The van der Waals surface area contributed by atoms with Crippen LogP contribution in [0.5, 0.6) is 0 Å². The van der Waals surface area contributed by atoms with E-state index in [2.05, 4.69) is 6.92 Å². The summed E-state index contributed by atoms with van der Waals surface area (Å²) in [6, 6.07) is 0. The lowest BCUT2D eigenvalue weighted by Gasteiger charge is -2.62. The molecule has 3 nitrogen and oxygen atoms in total. The molecular formula is C27H37F3O3. The Kier molecular flexibility index (Phi) is 6.25. The Morgan fingerprint density at radius 3 is 2.55 bits per heavy atom. The first-order valence-corrected chi connectivity index (χ1v) is 12.7. The summed E-state index contributed by atoms with van der Waals surface area (Å²) in [5.74, 6) is -3.41. The van der Waals surface area contributed by atoms with Crippen molar-refractivity contribution in [2.45, 2.75) is 97.0 Å². The second kappa shape index (κ2) is 8.35. The molecule has 184 valence electrons. The summed E-state index contributed by atoms with van der Waals surface area (Å²) in [6.45, 7) is 7.50. The first kappa shape index (κ1) is 24.7. The number of hydrogen-bond donors (Lipinski definition) is 1. The highest BCUT2D eigenvalue weighted by atomic mass is 19.2. The van der Waals surface area contributed by atoms with E-state index in [0.717, 1.165) is 25.3 Å². The van der Waals surface area contributed by atoms with Crippen LogP contribution in [0.3, 0.4) is 0 Å². The van der Waals surface area contributed by atoms with Crippen LogP contribution in [-0.4, -0.2) is 34.6 Å². The monoisotopic (exact) mass is 466 g/mol. The van der Waals surface area contributed by atoms with Gasteiger partial charge in [-0.2, -0.15) is 0 Å². The number of aliphatic hydroxyl groups excluding tert-OH is 1. The molecule has 0 amide bonds.